The first-order valence-electron chi connectivity index (χ1n) is 7.81. The Labute approximate surface area is 131 Å². The van der Waals surface area contributed by atoms with Crippen molar-refractivity contribution in [3.63, 3.8) is 0 Å². The number of hydrogen-bond acceptors (Lipinski definition) is 2. The fraction of sp³-hybridized carbons (Fsp3) is 0.444. The topological polar surface area (TPSA) is 66.4 Å². The number of aliphatic carboxylic acids is 1. The first kappa shape index (κ1) is 16.3. The fourth-order valence-corrected chi connectivity index (χ4v) is 2.90. The summed E-state index contributed by atoms with van der Waals surface area (Å²) < 4.78 is 0. The van der Waals surface area contributed by atoms with Crippen LogP contribution in [0.15, 0.2) is 41.5 Å². The summed E-state index contributed by atoms with van der Waals surface area (Å²) in [6, 6.07) is 9.71. The molecule has 4 nitrogen and oxygen atoms in total. The zero-order chi connectivity index (χ0) is 15.9. The summed E-state index contributed by atoms with van der Waals surface area (Å²) in [6.07, 6.45) is 4.02. The molecule has 1 aromatic rings. The van der Waals surface area contributed by atoms with Crippen LogP contribution < -0.4 is 5.32 Å². The van der Waals surface area contributed by atoms with Gasteiger partial charge in [0, 0.05) is 18.0 Å². The van der Waals surface area contributed by atoms with E-state index in [0.717, 1.165) is 36.0 Å². The van der Waals surface area contributed by atoms with E-state index in [9.17, 15) is 9.59 Å². The fourth-order valence-electron chi connectivity index (χ4n) is 2.90. The van der Waals surface area contributed by atoms with Gasteiger partial charge in [-0.2, -0.15) is 0 Å². The van der Waals surface area contributed by atoms with Gasteiger partial charge in [0.05, 0.1) is 0 Å². The van der Waals surface area contributed by atoms with Gasteiger partial charge in [-0.05, 0) is 44.6 Å². The highest BCUT2D eigenvalue weighted by molar-refractivity contribution is 5.94. The van der Waals surface area contributed by atoms with Crippen LogP contribution in [0.1, 0.15) is 44.6 Å². The van der Waals surface area contributed by atoms with Gasteiger partial charge in [0.15, 0.2) is 0 Å². The predicted molar refractivity (Wildman–Crippen MR) is 85.5 cm³/mol. The molecule has 1 atom stereocenters. The van der Waals surface area contributed by atoms with E-state index in [0.29, 0.717) is 12.8 Å². The van der Waals surface area contributed by atoms with Gasteiger partial charge in [-0.15, -0.1) is 0 Å². The molecule has 0 heterocycles. The maximum absolute atomic E-state index is 12.4. The zero-order valence-corrected chi connectivity index (χ0v) is 13.0. The van der Waals surface area contributed by atoms with Crippen molar-refractivity contribution in [2.24, 2.45) is 0 Å². The third-order valence-corrected chi connectivity index (χ3v) is 4.13. The maximum atomic E-state index is 12.4. The van der Waals surface area contributed by atoms with Crippen LogP contribution in [0.25, 0.3) is 0 Å². The number of carbonyl (C=O) groups is 2. The molecule has 1 amide bonds. The van der Waals surface area contributed by atoms with E-state index in [1.807, 2.05) is 37.3 Å². The first-order valence-corrected chi connectivity index (χ1v) is 7.81. The van der Waals surface area contributed by atoms with Crippen molar-refractivity contribution >= 4 is 11.9 Å². The number of carboxylic acids is 1. The van der Waals surface area contributed by atoms with E-state index >= 15 is 0 Å². The quantitative estimate of drug-likeness (QED) is 0.813. The number of allylic oxidation sites excluding steroid dienone is 1. The second-order valence-corrected chi connectivity index (χ2v) is 5.90. The molecule has 1 aromatic carbocycles. The normalized spacial score (nSPS) is 15.7. The van der Waals surface area contributed by atoms with Gasteiger partial charge in [-0.1, -0.05) is 35.9 Å². The van der Waals surface area contributed by atoms with Crippen LogP contribution in [0.5, 0.6) is 0 Å². The summed E-state index contributed by atoms with van der Waals surface area (Å²) in [5.41, 5.74) is 3.15. The largest absolute Gasteiger partial charge is 0.481 e. The van der Waals surface area contributed by atoms with Crippen molar-refractivity contribution in [1.29, 1.82) is 0 Å². The minimum Gasteiger partial charge on any atom is -0.481 e. The summed E-state index contributed by atoms with van der Waals surface area (Å²) in [5.74, 6) is -0.857. The molecule has 0 aromatic heterocycles. The molecule has 2 rings (SSSR count). The molecule has 4 heteroatoms. The monoisotopic (exact) mass is 301 g/mol. The Hall–Kier alpha value is -2.10. The molecule has 1 aliphatic carbocycles. The van der Waals surface area contributed by atoms with E-state index in [4.69, 9.17) is 5.11 Å². The third kappa shape index (κ3) is 4.72. The van der Waals surface area contributed by atoms with E-state index in [1.165, 1.54) is 0 Å². The highest BCUT2D eigenvalue weighted by atomic mass is 16.4. The molecule has 22 heavy (non-hydrogen) atoms. The molecule has 0 fully saturated rings. The predicted octanol–water partition coefficient (Wildman–Crippen LogP) is 3.08. The van der Waals surface area contributed by atoms with Gasteiger partial charge >= 0.3 is 5.97 Å². The van der Waals surface area contributed by atoms with Gasteiger partial charge < -0.3 is 10.4 Å². The molecule has 1 aliphatic rings. The molecule has 0 radical (unpaired) electrons. The second kappa shape index (κ2) is 7.78. The van der Waals surface area contributed by atoms with Crippen molar-refractivity contribution in [3.8, 4) is 0 Å². The molecule has 0 aliphatic heterocycles. The zero-order valence-electron chi connectivity index (χ0n) is 13.0. The molecule has 0 bridgehead atoms. The van der Waals surface area contributed by atoms with Gasteiger partial charge in [-0.3, -0.25) is 9.59 Å². The third-order valence-electron chi connectivity index (χ3n) is 4.13. The van der Waals surface area contributed by atoms with Crippen molar-refractivity contribution in [2.75, 3.05) is 0 Å². The van der Waals surface area contributed by atoms with E-state index in [1.54, 1.807) is 0 Å². The maximum Gasteiger partial charge on any atom is 0.303 e. The van der Waals surface area contributed by atoms with Crippen LogP contribution in [0.3, 0.4) is 0 Å². The molecule has 1 unspecified atom stereocenters. The SMILES string of the molecule is CC1=C(C(=O)NC(CCC(=O)O)Cc2ccccc2)CCC1. The van der Waals surface area contributed by atoms with E-state index in [-0.39, 0.29) is 18.4 Å². The van der Waals surface area contributed by atoms with Crippen LogP contribution in [0, 0.1) is 0 Å². The van der Waals surface area contributed by atoms with Crippen LogP contribution >= 0.6 is 0 Å². The van der Waals surface area contributed by atoms with Crippen molar-refractivity contribution in [2.45, 2.75) is 51.5 Å². The molecule has 2 N–H and O–H groups in total. The highest BCUT2D eigenvalue weighted by Gasteiger charge is 2.21. The molecule has 0 spiro atoms. The number of nitrogens with one attached hydrogen (secondary N) is 1. The number of hydrogen-bond donors (Lipinski definition) is 2. The lowest BCUT2D eigenvalue weighted by Crippen LogP contribution is -2.37. The summed E-state index contributed by atoms with van der Waals surface area (Å²) in [6.45, 7) is 2.01. The van der Waals surface area contributed by atoms with Gasteiger partial charge in [0.25, 0.3) is 0 Å². The van der Waals surface area contributed by atoms with E-state index < -0.39 is 5.97 Å². The Morgan fingerprint density at radius 2 is 1.95 bits per heavy atom. The van der Waals surface area contributed by atoms with Gasteiger partial charge in [0.2, 0.25) is 5.91 Å². The average molecular weight is 301 g/mol. The molecular formula is C18H23NO3. The minimum absolute atomic E-state index is 0.0266. The van der Waals surface area contributed by atoms with Crippen molar-refractivity contribution in [1.82, 2.24) is 5.32 Å². The average Bonchev–Trinajstić information content (AvgIpc) is 2.92. The van der Waals surface area contributed by atoms with Crippen LogP contribution in [0.4, 0.5) is 0 Å². The Morgan fingerprint density at radius 1 is 1.23 bits per heavy atom. The summed E-state index contributed by atoms with van der Waals surface area (Å²) in [5, 5.41) is 11.9. The number of carbonyl (C=O) groups excluding carboxylic acids is 1. The van der Waals surface area contributed by atoms with Crippen molar-refractivity contribution in [3.05, 3.63) is 47.0 Å². The Kier molecular flexibility index (Phi) is 5.75. The second-order valence-electron chi connectivity index (χ2n) is 5.90. The van der Waals surface area contributed by atoms with Crippen LogP contribution in [-0.2, 0) is 16.0 Å². The van der Waals surface area contributed by atoms with Gasteiger partial charge in [-0.25, -0.2) is 0 Å². The summed E-state index contributed by atoms with van der Waals surface area (Å²) >= 11 is 0. The van der Waals surface area contributed by atoms with Gasteiger partial charge in [0.1, 0.15) is 0 Å². The van der Waals surface area contributed by atoms with Crippen molar-refractivity contribution < 1.29 is 14.7 Å². The molecule has 0 saturated carbocycles. The van der Waals surface area contributed by atoms with Crippen LogP contribution in [0.2, 0.25) is 0 Å². The highest BCUT2D eigenvalue weighted by Crippen LogP contribution is 2.25. The molecule has 0 saturated heterocycles. The standard InChI is InChI=1S/C18H23NO3/c1-13-6-5-9-16(13)18(22)19-15(10-11-17(20)21)12-14-7-3-2-4-8-14/h2-4,7-8,15H,5-6,9-12H2,1H3,(H,19,22)(H,20,21). The summed E-state index contributed by atoms with van der Waals surface area (Å²) in [7, 11) is 0. The molecule has 118 valence electrons. The number of carboxylic acid groups (broad SMARTS) is 1. The van der Waals surface area contributed by atoms with E-state index in [2.05, 4.69) is 5.32 Å². The Morgan fingerprint density at radius 3 is 2.55 bits per heavy atom. The Balaban J connectivity index is 2.02. The summed E-state index contributed by atoms with van der Waals surface area (Å²) in [4.78, 5) is 23.2. The van der Waals surface area contributed by atoms with Crippen LogP contribution in [-0.4, -0.2) is 23.0 Å². The molecular weight excluding hydrogens is 278 g/mol. The minimum atomic E-state index is -0.830. The lowest BCUT2D eigenvalue weighted by molar-refractivity contribution is -0.137. The lowest BCUT2D eigenvalue weighted by atomic mass is 10.0. The lowest BCUT2D eigenvalue weighted by Gasteiger charge is -2.19. The number of rotatable bonds is 7. The number of benzene rings is 1. The Bertz CT molecular complexity index is 563. The first-order chi connectivity index (χ1) is 10.6. The number of amides is 1. The smallest absolute Gasteiger partial charge is 0.303 e.